The van der Waals surface area contributed by atoms with Crippen molar-refractivity contribution < 1.29 is 4.52 Å². The van der Waals surface area contributed by atoms with E-state index in [9.17, 15) is 0 Å². The first-order valence-corrected chi connectivity index (χ1v) is 6.22. The predicted molar refractivity (Wildman–Crippen MR) is 71.5 cm³/mol. The number of aromatic amines is 1. The third kappa shape index (κ3) is 2.57. The number of aromatic nitrogens is 5. The lowest BCUT2D eigenvalue weighted by Crippen LogP contribution is -2.14. The molecule has 7 heteroatoms. The Bertz CT molecular complexity index is 690. The standard InChI is InChI=1S/C13H14N6O/c1-8-2-3-16-11(4-8)12-18-13(20-19-12)10(14)5-9-6-15-7-17-9/h2-4,6-7,10H,5,14H2,1H3,(H,15,17)/t10-/m0/s1. The van der Waals surface area contributed by atoms with Crippen LogP contribution in [0.15, 0.2) is 35.4 Å². The fraction of sp³-hybridized carbons (Fsp3) is 0.231. The molecule has 0 aromatic carbocycles. The summed E-state index contributed by atoms with van der Waals surface area (Å²) < 4.78 is 5.21. The van der Waals surface area contributed by atoms with Gasteiger partial charge in [-0.2, -0.15) is 4.98 Å². The Morgan fingerprint density at radius 3 is 3.10 bits per heavy atom. The van der Waals surface area contributed by atoms with Crippen molar-refractivity contribution in [2.45, 2.75) is 19.4 Å². The molecule has 0 spiro atoms. The summed E-state index contributed by atoms with van der Waals surface area (Å²) in [6.45, 7) is 1.98. The second-order valence-corrected chi connectivity index (χ2v) is 4.56. The summed E-state index contributed by atoms with van der Waals surface area (Å²) in [7, 11) is 0. The van der Waals surface area contributed by atoms with Crippen molar-refractivity contribution in [2.24, 2.45) is 5.73 Å². The van der Waals surface area contributed by atoms with E-state index in [1.165, 1.54) is 0 Å². The molecule has 102 valence electrons. The van der Waals surface area contributed by atoms with Gasteiger partial charge in [-0.1, -0.05) is 5.16 Å². The molecule has 0 aliphatic rings. The van der Waals surface area contributed by atoms with Gasteiger partial charge in [-0.15, -0.1) is 0 Å². The molecular formula is C13H14N6O. The maximum absolute atomic E-state index is 6.04. The molecule has 7 nitrogen and oxygen atoms in total. The Morgan fingerprint density at radius 1 is 1.45 bits per heavy atom. The van der Waals surface area contributed by atoms with E-state index in [-0.39, 0.29) is 6.04 Å². The molecule has 0 radical (unpaired) electrons. The van der Waals surface area contributed by atoms with E-state index in [0.717, 1.165) is 11.3 Å². The average Bonchev–Trinajstić information content (AvgIpc) is 3.09. The third-order valence-electron chi connectivity index (χ3n) is 2.90. The number of aryl methyl sites for hydroxylation is 1. The van der Waals surface area contributed by atoms with Crippen LogP contribution in [0.4, 0.5) is 0 Å². The van der Waals surface area contributed by atoms with Crippen molar-refractivity contribution in [3.05, 3.63) is 48.0 Å². The Morgan fingerprint density at radius 2 is 2.35 bits per heavy atom. The summed E-state index contributed by atoms with van der Waals surface area (Å²) in [5.74, 6) is 0.835. The van der Waals surface area contributed by atoms with Gasteiger partial charge in [0.25, 0.3) is 0 Å². The van der Waals surface area contributed by atoms with Crippen LogP contribution in [0, 0.1) is 6.92 Å². The highest BCUT2D eigenvalue weighted by Crippen LogP contribution is 2.18. The second kappa shape index (κ2) is 5.22. The van der Waals surface area contributed by atoms with Crippen LogP contribution in [0.25, 0.3) is 11.5 Å². The van der Waals surface area contributed by atoms with Crippen LogP contribution in [0.2, 0.25) is 0 Å². The molecule has 0 aliphatic carbocycles. The first-order chi connectivity index (χ1) is 9.72. The normalized spacial score (nSPS) is 12.5. The van der Waals surface area contributed by atoms with E-state index in [0.29, 0.717) is 23.8 Å². The van der Waals surface area contributed by atoms with Crippen LogP contribution in [-0.4, -0.2) is 25.1 Å². The molecule has 3 N–H and O–H groups in total. The SMILES string of the molecule is Cc1ccnc(-c2noc([C@@H](N)Cc3cnc[nH]3)n2)c1. The fourth-order valence-corrected chi connectivity index (χ4v) is 1.87. The Labute approximate surface area is 115 Å². The van der Waals surface area contributed by atoms with Crippen LogP contribution in [0.5, 0.6) is 0 Å². The van der Waals surface area contributed by atoms with E-state index < -0.39 is 0 Å². The minimum Gasteiger partial charge on any atom is -0.348 e. The molecule has 20 heavy (non-hydrogen) atoms. The highest BCUT2D eigenvalue weighted by atomic mass is 16.5. The zero-order valence-corrected chi connectivity index (χ0v) is 10.9. The van der Waals surface area contributed by atoms with Gasteiger partial charge < -0.3 is 15.2 Å². The molecule has 3 rings (SSSR count). The van der Waals surface area contributed by atoms with Gasteiger partial charge in [0, 0.05) is 24.5 Å². The molecule has 3 aromatic heterocycles. The quantitative estimate of drug-likeness (QED) is 0.742. The first kappa shape index (κ1) is 12.5. The van der Waals surface area contributed by atoms with Gasteiger partial charge in [0.2, 0.25) is 11.7 Å². The lowest BCUT2D eigenvalue weighted by Gasteiger charge is -2.03. The summed E-state index contributed by atoms with van der Waals surface area (Å²) in [5, 5.41) is 3.92. The van der Waals surface area contributed by atoms with Gasteiger partial charge in [0.15, 0.2) is 0 Å². The number of nitrogens with two attached hydrogens (primary N) is 1. The highest BCUT2D eigenvalue weighted by Gasteiger charge is 2.17. The largest absolute Gasteiger partial charge is 0.348 e. The van der Waals surface area contributed by atoms with Gasteiger partial charge in [0.05, 0.1) is 12.4 Å². The molecular weight excluding hydrogens is 256 g/mol. The molecule has 0 amide bonds. The van der Waals surface area contributed by atoms with Crippen LogP contribution in [-0.2, 0) is 6.42 Å². The summed E-state index contributed by atoms with van der Waals surface area (Å²) in [6, 6.07) is 3.44. The number of hydrogen-bond acceptors (Lipinski definition) is 6. The molecule has 0 aliphatic heterocycles. The summed E-state index contributed by atoms with van der Waals surface area (Å²) in [5.41, 5.74) is 8.73. The number of nitrogens with zero attached hydrogens (tertiary/aromatic N) is 4. The molecule has 1 atom stereocenters. The summed E-state index contributed by atoms with van der Waals surface area (Å²) in [4.78, 5) is 15.5. The van der Waals surface area contributed by atoms with E-state index >= 15 is 0 Å². The van der Waals surface area contributed by atoms with Gasteiger partial charge in [-0.25, -0.2) is 4.98 Å². The van der Waals surface area contributed by atoms with Crippen LogP contribution < -0.4 is 5.73 Å². The van der Waals surface area contributed by atoms with Crippen molar-refractivity contribution in [1.29, 1.82) is 0 Å². The molecule has 0 saturated carbocycles. The molecule has 3 heterocycles. The van der Waals surface area contributed by atoms with E-state index in [2.05, 4.69) is 25.1 Å². The van der Waals surface area contributed by atoms with Crippen molar-refractivity contribution >= 4 is 0 Å². The lowest BCUT2D eigenvalue weighted by atomic mass is 10.2. The number of H-pyrrole nitrogens is 1. The van der Waals surface area contributed by atoms with Crippen LogP contribution in [0.3, 0.4) is 0 Å². The maximum Gasteiger partial charge on any atom is 0.244 e. The van der Waals surface area contributed by atoms with E-state index in [1.807, 2.05) is 19.1 Å². The Kier molecular flexibility index (Phi) is 3.26. The van der Waals surface area contributed by atoms with Crippen LogP contribution in [0.1, 0.15) is 23.2 Å². The topological polar surface area (TPSA) is 107 Å². The Balaban J connectivity index is 1.79. The molecule has 3 aromatic rings. The number of rotatable bonds is 4. The predicted octanol–water partition coefficient (Wildman–Crippen LogP) is 1.41. The van der Waals surface area contributed by atoms with Crippen molar-refractivity contribution in [3.63, 3.8) is 0 Å². The zero-order chi connectivity index (χ0) is 13.9. The van der Waals surface area contributed by atoms with Gasteiger partial charge in [0.1, 0.15) is 5.69 Å². The van der Waals surface area contributed by atoms with E-state index in [1.54, 1.807) is 18.7 Å². The minimum atomic E-state index is -0.374. The van der Waals surface area contributed by atoms with Crippen LogP contribution >= 0.6 is 0 Å². The molecule has 0 fully saturated rings. The zero-order valence-electron chi connectivity index (χ0n) is 10.9. The molecule has 0 saturated heterocycles. The smallest absolute Gasteiger partial charge is 0.244 e. The van der Waals surface area contributed by atoms with Gasteiger partial charge in [-0.05, 0) is 24.6 Å². The average molecular weight is 270 g/mol. The first-order valence-electron chi connectivity index (χ1n) is 6.22. The van der Waals surface area contributed by atoms with E-state index in [4.69, 9.17) is 10.3 Å². The number of pyridine rings is 1. The number of hydrogen-bond donors (Lipinski definition) is 2. The number of nitrogens with one attached hydrogen (secondary N) is 1. The summed E-state index contributed by atoms with van der Waals surface area (Å²) in [6.07, 6.45) is 5.60. The van der Waals surface area contributed by atoms with Gasteiger partial charge in [-0.3, -0.25) is 4.98 Å². The summed E-state index contributed by atoms with van der Waals surface area (Å²) >= 11 is 0. The monoisotopic (exact) mass is 270 g/mol. The third-order valence-corrected chi connectivity index (χ3v) is 2.90. The van der Waals surface area contributed by atoms with Crippen molar-refractivity contribution in [3.8, 4) is 11.5 Å². The number of imidazole rings is 1. The maximum atomic E-state index is 6.04. The fourth-order valence-electron chi connectivity index (χ4n) is 1.87. The highest BCUT2D eigenvalue weighted by molar-refractivity contribution is 5.48. The van der Waals surface area contributed by atoms with Gasteiger partial charge >= 0.3 is 0 Å². The van der Waals surface area contributed by atoms with Crippen molar-refractivity contribution in [2.75, 3.05) is 0 Å². The lowest BCUT2D eigenvalue weighted by molar-refractivity contribution is 0.354. The Hall–Kier alpha value is -2.54. The minimum absolute atomic E-state index is 0.374. The second-order valence-electron chi connectivity index (χ2n) is 4.56. The molecule has 0 unspecified atom stereocenters. The van der Waals surface area contributed by atoms with Crippen molar-refractivity contribution in [1.82, 2.24) is 25.1 Å². The molecule has 0 bridgehead atoms.